The molecule has 1 aliphatic heterocycles. The van der Waals surface area contributed by atoms with Crippen molar-refractivity contribution >= 4 is 9.84 Å². The van der Waals surface area contributed by atoms with E-state index in [9.17, 15) is 8.42 Å². The number of hydrogen-bond donors (Lipinski definition) is 1. The molecule has 0 saturated heterocycles. The monoisotopic (exact) mass is 297 g/mol. The lowest BCUT2D eigenvalue weighted by Gasteiger charge is -2.35. The van der Waals surface area contributed by atoms with Gasteiger partial charge in [0.05, 0.1) is 16.0 Å². The van der Waals surface area contributed by atoms with E-state index in [1.807, 2.05) is 24.3 Å². The number of ether oxygens (including phenoxy) is 1. The number of hydrogen-bond acceptors (Lipinski definition) is 4. The normalized spacial score (nSPS) is 23.0. The van der Waals surface area contributed by atoms with Crippen molar-refractivity contribution in [3.63, 3.8) is 0 Å². The second-order valence-corrected chi connectivity index (χ2v) is 9.48. The molecule has 20 heavy (non-hydrogen) atoms. The van der Waals surface area contributed by atoms with Gasteiger partial charge in [0.15, 0.2) is 9.84 Å². The fourth-order valence-corrected chi connectivity index (χ4v) is 3.53. The second-order valence-electron chi connectivity index (χ2n) is 6.62. The largest absolute Gasteiger partial charge is 0.491 e. The molecular weight excluding hydrogens is 274 g/mol. The van der Waals surface area contributed by atoms with Gasteiger partial charge in [0.25, 0.3) is 0 Å². The summed E-state index contributed by atoms with van der Waals surface area (Å²) in [4.78, 5) is 0. The lowest BCUT2D eigenvalue weighted by molar-refractivity contribution is 0.187. The van der Waals surface area contributed by atoms with Gasteiger partial charge in [-0.25, -0.2) is 8.42 Å². The molecule has 0 radical (unpaired) electrons. The van der Waals surface area contributed by atoms with Gasteiger partial charge in [0, 0.05) is 0 Å². The fraction of sp³-hybridized carbons (Fsp3) is 0.600. The molecule has 1 aromatic rings. The Balaban J connectivity index is 2.08. The first kappa shape index (κ1) is 15.3. The van der Waals surface area contributed by atoms with Crippen LogP contribution in [0.2, 0.25) is 0 Å². The molecule has 2 N–H and O–H groups in total. The quantitative estimate of drug-likeness (QED) is 0.925. The molecule has 0 saturated carbocycles. The van der Waals surface area contributed by atoms with Crippen LogP contribution in [0.15, 0.2) is 24.3 Å². The summed E-state index contributed by atoms with van der Waals surface area (Å²) < 4.78 is 29.3. The molecule has 0 fully saturated rings. The topological polar surface area (TPSA) is 69.4 Å². The summed E-state index contributed by atoms with van der Waals surface area (Å²) in [7, 11) is -3.15. The summed E-state index contributed by atoms with van der Waals surface area (Å²) in [5, 5.41) is 0. The number of benzene rings is 1. The summed E-state index contributed by atoms with van der Waals surface area (Å²) >= 11 is 0. The summed E-state index contributed by atoms with van der Waals surface area (Å²) in [5.41, 5.74) is 6.78. The van der Waals surface area contributed by atoms with Crippen LogP contribution in [0.5, 0.6) is 5.75 Å². The van der Waals surface area contributed by atoms with E-state index in [0.717, 1.165) is 11.3 Å². The van der Waals surface area contributed by atoms with Crippen molar-refractivity contribution in [1.29, 1.82) is 0 Å². The molecule has 5 heteroatoms. The molecule has 0 aliphatic carbocycles. The fourth-order valence-electron chi connectivity index (χ4n) is 2.25. The van der Waals surface area contributed by atoms with Gasteiger partial charge in [-0.3, -0.25) is 0 Å². The van der Waals surface area contributed by atoms with Gasteiger partial charge in [-0.2, -0.15) is 0 Å². The molecule has 0 aromatic heterocycles. The van der Waals surface area contributed by atoms with Crippen LogP contribution >= 0.6 is 0 Å². The molecule has 1 unspecified atom stereocenters. The Bertz CT molecular complexity index is 589. The van der Waals surface area contributed by atoms with Gasteiger partial charge >= 0.3 is 0 Å². The Morgan fingerprint density at radius 2 is 1.95 bits per heavy atom. The first-order valence-corrected chi connectivity index (χ1v) is 8.50. The van der Waals surface area contributed by atoms with E-state index < -0.39 is 20.1 Å². The number of nitrogens with two attached hydrogens (primary N) is 1. The van der Waals surface area contributed by atoms with Crippen molar-refractivity contribution in [1.82, 2.24) is 0 Å². The molecule has 1 aliphatic rings. The highest BCUT2D eigenvalue weighted by molar-refractivity contribution is 7.92. The van der Waals surface area contributed by atoms with Crippen LogP contribution in [0.3, 0.4) is 0 Å². The Morgan fingerprint density at radius 3 is 2.60 bits per heavy atom. The van der Waals surface area contributed by atoms with Gasteiger partial charge < -0.3 is 10.5 Å². The molecule has 4 nitrogen and oxygen atoms in total. The third-order valence-corrected chi connectivity index (χ3v) is 6.44. The van der Waals surface area contributed by atoms with E-state index in [4.69, 9.17) is 10.5 Å². The Kier molecular flexibility index (Phi) is 3.86. The van der Waals surface area contributed by atoms with E-state index in [1.165, 1.54) is 0 Å². The molecular formula is C15H23NO3S. The summed E-state index contributed by atoms with van der Waals surface area (Å²) in [5.74, 6) is 0.950. The molecule has 0 spiro atoms. The predicted octanol–water partition coefficient (Wildman–Crippen LogP) is 1.92. The minimum Gasteiger partial charge on any atom is -0.491 e. The maximum absolute atomic E-state index is 12.2. The third kappa shape index (κ3) is 3.15. The van der Waals surface area contributed by atoms with E-state index >= 15 is 0 Å². The lowest BCUT2D eigenvalue weighted by atomic mass is 9.88. The van der Waals surface area contributed by atoms with Gasteiger partial charge in [0.2, 0.25) is 0 Å². The zero-order valence-corrected chi connectivity index (χ0v) is 13.2. The Hall–Kier alpha value is -1.07. The highest BCUT2D eigenvalue weighted by atomic mass is 32.2. The van der Waals surface area contributed by atoms with E-state index in [1.54, 1.807) is 20.8 Å². The minimum absolute atomic E-state index is 0.0958. The SMILES string of the molecule is CC(C)(C)S(=O)(=O)CCC1(N)COc2ccccc2C1. The molecule has 0 amide bonds. The van der Waals surface area contributed by atoms with Crippen molar-refractivity contribution < 1.29 is 13.2 Å². The highest BCUT2D eigenvalue weighted by Crippen LogP contribution is 2.30. The molecule has 0 bridgehead atoms. The molecule has 2 rings (SSSR count). The van der Waals surface area contributed by atoms with Crippen LogP contribution < -0.4 is 10.5 Å². The van der Waals surface area contributed by atoms with Crippen LogP contribution in [-0.2, 0) is 16.3 Å². The number of rotatable bonds is 3. The van der Waals surface area contributed by atoms with Gasteiger partial charge in [-0.05, 0) is 45.2 Å². The first-order chi connectivity index (χ1) is 9.13. The van der Waals surface area contributed by atoms with Gasteiger partial charge in [-0.1, -0.05) is 18.2 Å². The van der Waals surface area contributed by atoms with Crippen LogP contribution in [0.4, 0.5) is 0 Å². The van der Waals surface area contributed by atoms with Crippen LogP contribution in [-0.4, -0.2) is 31.1 Å². The predicted molar refractivity (Wildman–Crippen MR) is 80.7 cm³/mol. The van der Waals surface area contributed by atoms with E-state index in [-0.39, 0.29) is 5.75 Å². The molecule has 112 valence electrons. The number of fused-ring (bicyclic) bond motifs is 1. The van der Waals surface area contributed by atoms with Crippen LogP contribution in [0.1, 0.15) is 32.8 Å². The zero-order chi connectivity index (χ0) is 15.0. The van der Waals surface area contributed by atoms with Crippen molar-refractivity contribution in [2.24, 2.45) is 5.73 Å². The van der Waals surface area contributed by atoms with E-state index in [2.05, 4.69) is 0 Å². The average molecular weight is 297 g/mol. The summed E-state index contributed by atoms with van der Waals surface area (Å²) in [6, 6.07) is 7.77. The molecule has 1 aromatic carbocycles. The summed E-state index contributed by atoms with van der Waals surface area (Å²) in [6.07, 6.45) is 1.07. The smallest absolute Gasteiger partial charge is 0.155 e. The Morgan fingerprint density at radius 1 is 1.30 bits per heavy atom. The van der Waals surface area contributed by atoms with Gasteiger partial charge in [-0.15, -0.1) is 0 Å². The number of sulfone groups is 1. The van der Waals surface area contributed by atoms with Crippen molar-refractivity contribution in [3.05, 3.63) is 29.8 Å². The first-order valence-electron chi connectivity index (χ1n) is 6.85. The Labute approximate surface area is 121 Å². The number of para-hydroxylation sites is 1. The minimum atomic E-state index is -3.15. The average Bonchev–Trinajstić information content (AvgIpc) is 2.35. The maximum Gasteiger partial charge on any atom is 0.155 e. The van der Waals surface area contributed by atoms with Crippen molar-refractivity contribution in [2.75, 3.05) is 12.4 Å². The standard InChI is InChI=1S/C15H23NO3S/c1-14(2,3)20(17,18)9-8-15(16)10-12-6-4-5-7-13(12)19-11-15/h4-7H,8-11,16H2,1-3H3. The molecule has 1 atom stereocenters. The summed E-state index contributed by atoms with van der Waals surface area (Å²) in [6.45, 7) is 5.53. The second kappa shape index (κ2) is 5.04. The van der Waals surface area contributed by atoms with Crippen molar-refractivity contribution in [3.8, 4) is 5.75 Å². The lowest BCUT2D eigenvalue weighted by Crippen LogP contribution is -2.51. The highest BCUT2D eigenvalue weighted by Gasteiger charge is 2.36. The maximum atomic E-state index is 12.2. The van der Waals surface area contributed by atoms with Gasteiger partial charge in [0.1, 0.15) is 12.4 Å². The van der Waals surface area contributed by atoms with Crippen molar-refractivity contribution in [2.45, 2.75) is 43.9 Å². The molecule has 1 heterocycles. The third-order valence-electron chi connectivity index (χ3n) is 3.83. The zero-order valence-electron chi connectivity index (χ0n) is 12.3. The van der Waals surface area contributed by atoms with Crippen LogP contribution in [0, 0.1) is 0 Å². The van der Waals surface area contributed by atoms with E-state index in [0.29, 0.717) is 19.4 Å². The van der Waals surface area contributed by atoms with Crippen LogP contribution in [0.25, 0.3) is 0 Å².